The predicted octanol–water partition coefficient (Wildman–Crippen LogP) is 1.87. The molecule has 1 aliphatic carbocycles. The molecule has 2 aromatic rings. The molecular weight excluding hydrogens is 344 g/mol. The van der Waals surface area contributed by atoms with Gasteiger partial charge in [0.25, 0.3) is 11.4 Å². The lowest BCUT2D eigenvalue weighted by Gasteiger charge is -2.22. The molecule has 0 aromatic carbocycles. The van der Waals surface area contributed by atoms with Gasteiger partial charge in [0, 0.05) is 23.6 Å². The van der Waals surface area contributed by atoms with Crippen LogP contribution in [0.2, 0.25) is 0 Å². The number of allylic oxidation sites excluding steroid dienone is 1. The minimum atomic E-state index is -0.199. The molecule has 2 fully saturated rings. The third-order valence-corrected chi connectivity index (χ3v) is 5.63. The van der Waals surface area contributed by atoms with E-state index < -0.39 is 0 Å². The molecule has 0 amide bonds. The van der Waals surface area contributed by atoms with Crippen molar-refractivity contribution in [1.82, 2.24) is 25.4 Å². The molecule has 1 saturated heterocycles. The minimum Gasteiger partial charge on any atom is -0.402 e. The van der Waals surface area contributed by atoms with Gasteiger partial charge in [0.15, 0.2) is 5.82 Å². The van der Waals surface area contributed by atoms with Crippen LogP contribution in [0, 0.1) is 5.41 Å². The van der Waals surface area contributed by atoms with Gasteiger partial charge in [0.2, 0.25) is 0 Å². The van der Waals surface area contributed by atoms with Gasteiger partial charge in [0.1, 0.15) is 11.4 Å². The minimum absolute atomic E-state index is 0.199. The summed E-state index contributed by atoms with van der Waals surface area (Å²) in [5.41, 5.74) is 7.88. The molecule has 27 heavy (non-hydrogen) atoms. The zero-order chi connectivity index (χ0) is 19.2. The Bertz CT molecular complexity index is 932. The number of hydrogen-bond donors (Lipinski definition) is 3. The SMILES string of the molecule is CC(N)=C(c1nc(C2CCNCC2)cc(=O)[nH]1)c1nc(C2CC2(C)C)no1. The summed E-state index contributed by atoms with van der Waals surface area (Å²) in [6.45, 7) is 7.96. The number of nitrogens with two attached hydrogens (primary N) is 1. The van der Waals surface area contributed by atoms with Crippen molar-refractivity contribution in [1.29, 1.82) is 0 Å². The van der Waals surface area contributed by atoms with Crippen LogP contribution in [0.5, 0.6) is 0 Å². The van der Waals surface area contributed by atoms with Crippen molar-refractivity contribution >= 4 is 5.57 Å². The highest BCUT2D eigenvalue weighted by atomic mass is 16.5. The maximum atomic E-state index is 12.3. The topological polar surface area (TPSA) is 123 Å². The summed E-state index contributed by atoms with van der Waals surface area (Å²) >= 11 is 0. The Morgan fingerprint density at radius 1 is 1.30 bits per heavy atom. The van der Waals surface area contributed by atoms with Crippen molar-refractivity contribution in [3.63, 3.8) is 0 Å². The first-order valence-electron chi connectivity index (χ1n) is 9.48. The van der Waals surface area contributed by atoms with Crippen LogP contribution in [0.25, 0.3) is 5.57 Å². The van der Waals surface area contributed by atoms with Gasteiger partial charge in [-0.25, -0.2) is 4.98 Å². The highest BCUT2D eigenvalue weighted by Gasteiger charge is 2.49. The summed E-state index contributed by atoms with van der Waals surface area (Å²) in [7, 11) is 0. The Balaban J connectivity index is 1.70. The van der Waals surface area contributed by atoms with Crippen LogP contribution in [-0.2, 0) is 0 Å². The number of nitrogens with one attached hydrogen (secondary N) is 2. The standard InChI is InChI=1S/C19H26N6O2/c1-10(20)15(18-24-16(25-27-18)12-9-19(12,2)3)17-22-13(8-14(26)23-17)11-4-6-21-7-5-11/h8,11-12,21H,4-7,9,20H2,1-3H3,(H,22,23,26). The average Bonchev–Trinajstić information content (AvgIpc) is 3.02. The Morgan fingerprint density at radius 2 is 2.00 bits per heavy atom. The number of hydrogen-bond acceptors (Lipinski definition) is 7. The van der Waals surface area contributed by atoms with Gasteiger partial charge >= 0.3 is 0 Å². The Kier molecular flexibility index (Phi) is 4.38. The number of piperidine rings is 1. The number of rotatable bonds is 4. The Hall–Kier alpha value is -2.48. The van der Waals surface area contributed by atoms with E-state index in [1.165, 1.54) is 0 Å². The van der Waals surface area contributed by atoms with Crippen molar-refractivity contribution in [2.45, 2.75) is 51.9 Å². The molecule has 3 heterocycles. The molecule has 8 nitrogen and oxygen atoms in total. The molecule has 0 radical (unpaired) electrons. The summed E-state index contributed by atoms with van der Waals surface area (Å²) in [5, 5.41) is 7.46. The van der Waals surface area contributed by atoms with Crippen LogP contribution in [0.4, 0.5) is 0 Å². The van der Waals surface area contributed by atoms with Gasteiger partial charge < -0.3 is 20.6 Å². The molecule has 4 N–H and O–H groups in total. The normalized spacial score (nSPS) is 23.1. The summed E-state index contributed by atoms with van der Waals surface area (Å²) < 4.78 is 5.49. The van der Waals surface area contributed by atoms with Gasteiger partial charge in [-0.15, -0.1) is 0 Å². The zero-order valence-electron chi connectivity index (χ0n) is 16.0. The number of H-pyrrole nitrogens is 1. The smallest absolute Gasteiger partial charge is 0.263 e. The average molecular weight is 370 g/mol. The summed E-state index contributed by atoms with van der Waals surface area (Å²) in [4.78, 5) is 24.3. The summed E-state index contributed by atoms with van der Waals surface area (Å²) in [6, 6.07) is 1.58. The molecule has 1 aliphatic heterocycles. The second kappa shape index (κ2) is 6.60. The molecule has 4 rings (SSSR count). The number of nitrogens with zero attached hydrogens (tertiary/aromatic N) is 3. The molecule has 8 heteroatoms. The van der Waals surface area contributed by atoms with Crippen LogP contribution in [-0.4, -0.2) is 33.2 Å². The van der Waals surface area contributed by atoms with Gasteiger partial charge in [-0.05, 0) is 44.7 Å². The van der Waals surface area contributed by atoms with E-state index in [1.807, 2.05) is 0 Å². The maximum absolute atomic E-state index is 12.3. The predicted molar refractivity (Wildman–Crippen MR) is 101 cm³/mol. The molecule has 0 bridgehead atoms. The van der Waals surface area contributed by atoms with E-state index in [9.17, 15) is 4.79 Å². The summed E-state index contributed by atoms with van der Waals surface area (Å²) in [5.74, 6) is 1.93. The van der Waals surface area contributed by atoms with Gasteiger partial charge in [-0.2, -0.15) is 4.98 Å². The van der Waals surface area contributed by atoms with Crippen LogP contribution in [0.15, 0.2) is 21.1 Å². The maximum Gasteiger partial charge on any atom is 0.263 e. The molecule has 0 spiro atoms. The lowest BCUT2D eigenvalue weighted by Crippen LogP contribution is -2.28. The molecule has 1 atom stereocenters. The zero-order valence-corrected chi connectivity index (χ0v) is 16.0. The van der Waals surface area contributed by atoms with Crippen LogP contribution in [0.1, 0.15) is 75.1 Å². The van der Waals surface area contributed by atoms with Crippen molar-refractivity contribution < 1.29 is 4.52 Å². The first-order valence-corrected chi connectivity index (χ1v) is 9.48. The van der Waals surface area contributed by atoms with E-state index in [0.29, 0.717) is 34.7 Å². The fraction of sp³-hybridized carbons (Fsp3) is 0.579. The number of aromatic nitrogens is 4. The van der Waals surface area contributed by atoms with Gasteiger partial charge in [0.05, 0.1) is 5.69 Å². The van der Waals surface area contributed by atoms with Crippen molar-refractivity contribution in [2.75, 3.05) is 13.1 Å². The second-order valence-corrected chi connectivity index (χ2v) is 8.30. The quantitative estimate of drug-likeness (QED) is 0.751. The largest absolute Gasteiger partial charge is 0.402 e. The third kappa shape index (κ3) is 3.53. The molecule has 2 aromatic heterocycles. The fourth-order valence-corrected chi connectivity index (χ4v) is 3.76. The van der Waals surface area contributed by atoms with E-state index in [-0.39, 0.29) is 16.9 Å². The van der Waals surface area contributed by atoms with E-state index in [4.69, 9.17) is 15.2 Å². The van der Waals surface area contributed by atoms with Crippen molar-refractivity contribution in [3.05, 3.63) is 45.4 Å². The number of aromatic amines is 1. The van der Waals surface area contributed by atoms with E-state index >= 15 is 0 Å². The molecule has 1 saturated carbocycles. The van der Waals surface area contributed by atoms with Crippen LogP contribution < -0.4 is 16.6 Å². The highest BCUT2D eigenvalue weighted by Crippen LogP contribution is 2.57. The first-order chi connectivity index (χ1) is 12.8. The monoisotopic (exact) mass is 370 g/mol. The van der Waals surface area contributed by atoms with Crippen molar-refractivity contribution in [3.8, 4) is 0 Å². The summed E-state index contributed by atoms with van der Waals surface area (Å²) in [6.07, 6.45) is 2.95. The van der Waals surface area contributed by atoms with Crippen LogP contribution >= 0.6 is 0 Å². The van der Waals surface area contributed by atoms with Gasteiger partial charge in [-0.1, -0.05) is 19.0 Å². The lowest BCUT2D eigenvalue weighted by atomic mass is 9.94. The first kappa shape index (κ1) is 17.9. The Morgan fingerprint density at radius 3 is 2.63 bits per heavy atom. The molecule has 1 unspecified atom stereocenters. The van der Waals surface area contributed by atoms with E-state index in [1.54, 1.807) is 13.0 Å². The lowest BCUT2D eigenvalue weighted by molar-refractivity contribution is 0.397. The molecule has 2 aliphatic rings. The van der Waals surface area contributed by atoms with E-state index in [0.717, 1.165) is 38.0 Å². The van der Waals surface area contributed by atoms with E-state index in [2.05, 4.69) is 34.3 Å². The molecule has 144 valence electrons. The fourth-order valence-electron chi connectivity index (χ4n) is 3.76. The van der Waals surface area contributed by atoms with Crippen LogP contribution in [0.3, 0.4) is 0 Å². The molecular formula is C19H26N6O2. The second-order valence-electron chi connectivity index (χ2n) is 8.30. The third-order valence-electron chi connectivity index (χ3n) is 5.63. The van der Waals surface area contributed by atoms with Crippen molar-refractivity contribution in [2.24, 2.45) is 11.1 Å². The highest BCUT2D eigenvalue weighted by molar-refractivity contribution is 5.73. The van der Waals surface area contributed by atoms with Gasteiger partial charge in [-0.3, -0.25) is 4.79 Å². The Labute approximate surface area is 157 Å².